The number of carboxylic acid groups (broad SMARTS) is 1. The number of aromatic nitrogens is 6. The molecule has 0 aromatic carbocycles. The SMILES string of the molecule is Cc1nc(-c2nnn(C)c2COc2cc(OCCOC(C)C)ncn2)ccc1O[C@H]1CCC[C@H](C(=O)O)C1. The molecule has 1 aliphatic carbocycles. The van der Waals surface area contributed by atoms with Crippen molar-refractivity contribution in [2.24, 2.45) is 13.0 Å². The quantitative estimate of drug-likeness (QED) is 0.347. The van der Waals surface area contributed by atoms with E-state index in [0.29, 0.717) is 66.3 Å². The van der Waals surface area contributed by atoms with E-state index in [1.54, 1.807) is 17.8 Å². The first-order valence-corrected chi connectivity index (χ1v) is 12.8. The van der Waals surface area contributed by atoms with Crippen molar-refractivity contribution in [1.29, 1.82) is 0 Å². The van der Waals surface area contributed by atoms with Gasteiger partial charge in [-0.3, -0.25) is 4.79 Å². The van der Waals surface area contributed by atoms with Crippen LogP contribution in [0.1, 0.15) is 50.9 Å². The second-order valence-corrected chi connectivity index (χ2v) is 9.48. The molecule has 1 saturated carbocycles. The lowest BCUT2D eigenvalue weighted by Gasteiger charge is -2.27. The van der Waals surface area contributed by atoms with Crippen molar-refractivity contribution in [2.75, 3.05) is 13.2 Å². The Labute approximate surface area is 221 Å². The summed E-state index contributed by atoms with van der Waals surface area (Å²) in [4.78, 5) is 24.3. The topological polar surface area (TPSA) is 144 Å². The number of aliphatic carboxylic acids is 1. The Morgan fingerprint density at radius 3 is 2.68 bits per heavy atom. The van der Waals surface area contributed by atoms with Gasteiger partial charge in [-0.15, -0.1) is 5.10 Å². The Morgan fingerprint density at radius 2 is 1.95 bits per heavy atom. The van der Waals surface area contributed by atoms with Crippen molar-refractivity contribution in [3.63, 3.8) is 0 Å². The monoisotopic (exact) mass is 526 g/mol. The number of hydrogen-bond acceptors (Lipinski definition) is 10. The zero-order valence-corrected chi connectivity index (χ0v) is 22.2. The van der Waals surface area contributed by atoms with Gasteiger partial charge in [0.25, 0.3) is 0 Å². The summed E-state index contributed by atoms with van der Waals surface area (Å²) >= 11 is 0. The average Bonchev–Trinajstić information content (AvgIpc) is 3.27. The number of ether oxygens (including phenoxy) is 4. The summed E-state index contributed by atoms with van der Waals surface area (Å²) in [6.45, 7) is 6.78. The van der Waals surface area contributed by atoms with Gasteiger partial charge in [0.2, 0.25) is 11.8 Å². The number of hydrogen-bond donors (Lipinski definition) is 1. The van der Waals surface area contributed by atoms with E-state index in [4.69, 9.17) is 23.9 Å². The molecule has 2 atom stereocenters. The van der Waals surface area contributed by atoms with Crippen LogP contribution >= 0.6 is 0 Å². The molecule has 1 aliphatic rings. The van der Waals surface area contributed by atoms with Crippen molar-refractivity contribution in [1.82, 2.24) is 29.9 Å². The summed E-state index contributed by atoms with van der Waals surface area (Å²) < 4.78 is 24.7. The van der Waals surface area contributed by atoms with Gasteiger partial charge in [-0.2, -0.15) is 0 Å². The highest BCUT2D eigenvalue weighted by Gasteiger charge is 2.28. The van der Waals surface area contributed by atoms with Crippen LogP contribution in [0.5, 0.6) is 17.5 Å². The molecular weight excluding hydrogens is 492 g/mol. The van der Waals surface area contributed by atoms with E-state index in [-0.39, 0.29) is 24.7 Å². The minimum atomic E-state index is -0.761. The molecule has 0 saturated heterocycles. The Bertz CT molecular complexity index is 1230. The van der Waals surface area contributed by atoms with Gasteiger partial charge >= 0.3 is 5.97 Å². The van der Waals surface area contributed by atoms with E-state index in [2.05, 4.69) is 20.3 Å². The van der Waals surface area contributed by atoms with E-state index in [9.17, 15) is 9.90 Å². The number of pyridine rings is 1. The largest absolute Gasteiger partial charge is 0.489 e. The highest BCUT2D eigenvalue weighted by atomic mass is 16.5. The first-order chi connectivity index (χ1) is 18.3. The second kappa shape index (κ2) is 12.6. The van der Waals surface area contributed by atoms with Crippen molar-refractivity contribution in [3.05, 3.63) is 35.9 Å². The van der Waals surface area contributed by atoms with Gasteiger partial charge in [-0.1, -0.05) is 5.21 Å². The van der Waals surface area contributed by atoms with Gasteiger partial charge in [-0.05, 0) is 58.6 Å². The van der Waals surface area contributed by atoms with E-state index < -0.39 is 5.97 Å². The minimum absolute atomic E-state index is 0.134. The molecule has 3 aromatic heterocycles. The average molecular weight is 527 g/mol. The molecule has 0 unspecified atom stereocenters. The zero-order chi connectivity index (χ0) is 27.1. The highest BCUT2D eigenvalue weighted by Crippen LogP contribution is 2.30. The third-order valence-electron chi connectivity index (χ3n) is 6.25. The molecule has 1 N–H and O–H groups in total. The van der Waals surface area contributed by atoms with Gasteiger partial charge in [0, 0.05) is 7.05 Å². The van der Waals surface area contributed by atoms with Gasteiger partial charge in [0.05, 0.1) is 42.2 Å². The molecule has 3 heterocycles. The molecule has 0 amide bonds. The smallest absolute Gasteiger partial charge is 0.306 e. The molecule has 0 aliphatic heterocycles. The highest BCUT2D eigenvalue weighted by molar-refractivity contribution is 5.70. The van der Waals surface area contributed by atoms with Crippen LogP contribution in [0, 0.1) is 12.8 Å². The predicted octanol–water partition coefficient (Wildman–Crippen LogP) is 3.38. The number of carboxylic acids is 1. The lowest BCUT2D eigenvalue weighted by Crippen LogP contribution is -2.29. The molecule has 4 rings (SSSR count). The molecule has 38 heavy (non-hydrogen) atoms. The maximum atomic E-state index is 11.4. The first-order valence-electron chi connectivity index (χ1n) is 12.8. The van der Waals surface area contributed by atoms with Crippen molar-refractivity contribution in [3.8, 4) is 28.9 Å². The summed E-state index contributed by atoms with van der Waals surface area (Å²) in [6, 6.07) is 5.29. The number of carbonyl (C=O) groups is 1. The van der Waals surface area contributed by atoms with Crippen molar-refractivity contribution in [2.45, 2.75) is 65.3 Å². The maximum Gasteiger partial charge on any atom is 0.306 e. The van der Waals surface area contributed by atoms with Crippen LogP contribution in [-0.2, 0) is 23.2 Å². The molecule has 204 valence electrons. The third-order valence-corrected chi connectivity index (χ3v) is 6.25. The van der Waals surface area contributed by atoms with Crippen LogP contribution in [0.25, 0.3) is 11.4 Å². The Kier molecular flexibility index (Phi) is 9.06. The van der Waals surface area contributed by atoms with Crippen LogP contribution < -0.4 is 14.2 Å². The summed E-state index contributed by atoms with van der Waals surface area (Å²) in [5.74, 6) is 0.264. The van der Waals surface area contributed by atoms with Gasteiger partial charge in [-0.25, -0.2) is 19.6 Å². The van der Waals surface area contributed by atoms with Crippen LogP contribution in [0.2, 0.25) is 0 Å². The molecule has 0 spiro atoms. The van der Waals surface area contributed by atoms with E-state index >= 15 is 0 Å². The zero-order valence-electron chi connectivity index (χ0n) is 22.2. The number of nitrogens with zero attached hydrogens (tertiary/aromatic N) is 6. The Morgan fingerprint density at radius 1 is 1.16 bits per heavy atom. The fourth-order valence-corrected chi connectivity index (χ4v) is 4.25. The maximum absolute atomic E-state index is 11.4. The second-order valence-electron chi connectivity index (χ2n) is 9.48. The number of rotatable bonds is 12. The molecule has 0 radical (unpaired) electrons. The van der Waals surface area contributed by atoms with Crippen LogP contribution in [0.15, 0.2) is 24.5 Å². The molecular formula is C26H34N6O6. The summed E-state index contributed by atoms with van der Waals surface area (Å²) in [6.07, 6.45) is 4.24. The van der Waals surface area contributed by atoms with Crippen LogP contribution in [0.3, 0.4) is 0 Å². The van der Waals surface area contributed by atoms with Crippen LogP contribution in [0.4, 0.5) is 0 Å². The normalized spacial score (nSPS) is 17.4. The van der Waals surface area contributed by atoms with Crippen LogP contribution in [-0.4, -0.2) is 66.4 Å². The standard InChI is InChI=1S/C26H34N6O6/c1-16(2)35-10-11-36-23-13-24(28-15-27-23)37-14-21-25(30-31-32(21)4)20-8-9-22(17(3)29-20)38-19-7-5-6-18(12-19)26(33)34/h8-9,13,15-16,18-19H,5-7,10-12,14H2,1-4H3,(H,33,34)/t18-,19-/m0/s1. The molecule has 0 bridgehead atoms. The fourth-order valence-electron chi connectivity index (χ4n) is 4.25. The van der Waals surface area contributed by atoms with Crippen molar-refractivity contribution >= 4 is 5.97 Å². The Hall–Kier alpha value is -3.80. The molecule has 12 nitrogen and oxygen atoms in total. The summed E-state index contributed by atoms with van der Waals surface area (Å²) in [5.41, 5.74) is 2.62. The summed E-state index contributed by atoms with van der Waals surface area (Å²) in [5, 5.41) is 17.8. The lowest BCUT2D eigenvalue weighted by molar-refractivity contribution is -0.143. The van der Waals surface area contributed by atoms with Gasteiger partial charge < -0.3 is 24.1 Å². The minimum Gasteiger partial charge on any atom is -0.489 e. The molecule has 12 heteroatoms. The molecule has 3 aromatic rings. The van der Waals surface area contributed by atoms with Crippen molar-refractivity contribution < 1.29 is 28.8 Å². The molecule has 1 fully saturated rings. The van der Waals surface area contributed by atoms with Gasteiger partial charge in [0.1, 0.15) is 36.7 Å². The predicted molar refractivity (Wildman–Crippen MR) is 136 cm³/mol. The third kappa shape index (κ3) is 7.15. The number of aryl methyl sites for hydroxylation is 2. The fraction of sp³-hybridized carbons (Fsp3) is 0.538. The summed E-state index contributed by atoms with van der Waals surface area (Å²) in [7, 11) is 1.78. The van der Waals surface area contributed by atoms with E-state index in [1.165, 1.54) is 6.33 Å². The first kappa shape index (κ1) is 27.2. The Balaban J connectivity index is 1.40. The van der Waals surface area contributed by atoms with E-state index in [0.717, 1.165) is 12.8 Å². The van der Waals surface area contributed by atoms with Gasteiger partial charge in [0.15, 0.2) is 0 Å². The van der Waals surface area contributed by atoms with E-state index in [1.807, 2.05) is 32.9 Å². The lowest BCUT2D eigenvalue weighted by atomic mass is 9.87.